The van der Waals surface area contributed by atoms with Gasteiger partial charge in [0.05, 0.1) is 0 Å². The zero-order valence-corrected chi connectivity index (χ0v) is 10.4. The van der Waals surface area contributed by atoms with Gasteiger partial charge < -0.3 is 9.80 Å². The maximum Gasteiger partial charge on any atom is 0.0398 e. The van der Waals surface area contributed by atoms with E-state index in [0.717, 1.165) is 13.1 Å². The molecule has 1 radical (unpaired) electrons. The zero-order chi connectivity index (χ0) is 9.40. The molecule has 0 aliphatic carbocycles. The van der Waals surface area contributed by atoms with E-state index >= 15 is 0 Å². The minimum Gasteiger partial charge on any atom is -0.354 e. The molecule has 67 valence electrons. The van der Waals surface area contributed by atoms with Crippen molar-refractivity contribution in [1.82, 2.24) is 9.80 Å². The van der Waals surface area contributed by atoms with E-state index in [1.54, 1.807) is 24.8 Å². The summed E-state index contributed by atoms with van der Waals surface area (Å²) >= 11 is 0. The Labute approximate surface area is 103 Å². The first-order chi connectivity index (χ1) is 5.78. The average molecular weight is 187 g/mol. The third-order valence-corrected chi connectivity index (χ3v) is 1.55. The molecule has 0 unspecified atom stereocenters. The van der Waals surface area contributed by atoms with E-state index in [0.29, 0.717) is 0 Å². The van der Waals surface area contributed by atoms with Crippen molar-refractivity contribution in [2.45, 2.75) is 0 Å². The summed E-state index contributed by atoms with van der Waals surface area (Å²) in [5.74, 6) is 0. The van der Waals surface area contributed by atoms with E-state index in [1.807, 2.05) is 9.80 Å². The molecule has 2 nitrogen and oxygen atoms in total. The van der Waals surface area contributed by atoms with Gasteiger partial charge in [0.1, 0.15) is 0 Å². The second kappa shape index (κ2) is 9.65. The first-order valence-corrected chi connectivity index (χ1v) is 3.80. The molecule has 0 amide bonds. The molecule has 0 aromatic carbocycles. The second-order valence-electron chi connectivity index (χ2n) is 2.21. The summed E-state index contributed by atoms with van der Waals surface area (Å²) in [7, 11) is 0. The smallest absolute Gasteiger partial charge is 0.0398 e. The zero-order valence-electron chi connectivity index (χ0n) is 8.45. The van der Waals surface area contributed by atoms with Crippen LogP contribution in [0.3, 0.4) is 0 Å². The molecule has 0 saturated heterocycles. The largest absolute Gasteiger partial charge is 0.354 e. The quantitative estimate of drug-likeness (QED) is 0.561. The van der Waals surface area contributed by atoms with Crippen LogP contribution in [0.1, 0.15) is 0 Å². The SMILES string of the molecule is C=CN(C=C)CCN(C=C)C=C.[Na]. The summed E-state index contributed by atoms with van der Waals surface area (Å²) in [6.07, 6.45) is 6.93. The molecule has 0 aromatic rings. The van der Waals surface area contributed by atoms with Crippen LogP contribution in [-0.2, 0) is 0 Å². The minimum atomic E-state index is 0. The van der Waals surface area contributed by atoms with Crippen molar-refractivity contribution < 1.29 is 0 Å². The van der Waals surface area contributed by atoms with E-state index in [1.165, 1.54) is 0 Å². The predicted octanol–water partition coefficient (Wildman–Crippen LogP) is 1.78. The molecule has 0 fully saturated rings. The Hall–Kier alpha value is -0.440. The number of rotatable bonds is 7. The molecular weight excluding hydrogens is 171 g/mol. The summed E-state index contributed by atoms with van der Waals surface area (Å²) in [4.78, 5) is 3.81. The van der Waals surface area contributed by atoms with Gasteiger partial charge in [0.2, 0.25) is 0 Å². The van der Waals surface area contributed by atoms with Crippen LogP contribution < -0.4 is 0 Å². The van der Waals surface area contributed by atoms with E-state index in [4.69, 9.17) is 0 Å². The van der Waals surface area contributed by atoms with Crippen LogP contribution in [0.4, 0.5) is 0 Å². The van der Waals surface area contributed by atoms with Gasteiger partial charge in [-0.3, -0.25) is 0 Å². The van der Waals surface area contributed by atoms with Crippen LogP contribution in [0.25, 0.3) is 0 Å². The number of hydrogen-bond donors (Lipinski definition) is 0. The molecule has 0 spiro atoms. The topological polar surface area (TPSA) is 6.48 Å². The fraction of sp³-hybridized carbons (Fsp3) is 0.200. The third kappa shape index (κ3) is 6.70. The van der Waals surface area contributed by atoms with Crippen LogP contribution >= 0.6 is 0 Å². The van der Waals surface area contributed by atoms with Crippen LogP contribution in [0.15, 0.2) is 51.1 Å². The van der Waals surface area contributed by atoms with Gasteiger partial charge in [0.25, 0.3) is 0 Å². The molecular formula is C10H16N2Na. The van der Waals surface area contributed by atoms with Crippen molar-refractivity contribution in [3.63, 3.8) is 0 Å². The van der Waals surface area contributed by atoms with Crippen molar-refractivity contribution in [3.8, 4) is 0 Å². The molecule has 0 heterocycles. The Morgan fingerprint density at radius 3 is 1.08 bits per heavy atom. The van der Waals surface area contributed by atoms with Gasteiger partial charge in [0.15, 0.2) is 0 Å². The number of nitrogens with zero attached hydrogens (tertiary/aromatic N) is 2. The van der Waals surface area contributed by atoms with Crippen molar-refractivity contribution in [2.75, 3.05) is 13.1 Å². The predicted molar refractivity (Wildman–Crippen MR) is 60.0 cm³/mol. The van der Waals surface area contributed by atoms with E-state index in [-0.39, 0.29) is 29.6 Å². The maximum absolute atomic E-state index is 3.65. The van der Waals surface area contributed by atoms with Gasteiger partial charge in [-0.1, -0.05) is 26.3 Å². The molecule has 0 aliphatic heterocycles. The van der Waals surface area contributed by atoms with E-state index in [2.05, 4.69) is 26.3 Å². The average Bonchev–Trinajstić information content (AvgIpc) is 2.13. The maximum atomic E-state index is 3.65. The third-order valence-electron chi connectivity index (χ3n) is 1.55. The Morgan fingerprint density at radius 2 is 0.923 bits per heavy atom. The van der Waals surface area contributed by atoms with Crippen LogP contribution in [0.5, 0.6) is 0 Å². The van der Waals surface area contributed by atoms with Crippen molar-refractivity contribution in [1.29, 1.82) is 0 Å². The van der Waals surface area contributed by atoms with Crippen molar-refractivity contribution in [2.24, 2.45) is 0 Å². The van der Waals surface area contributed by atoms with Crippen LogP contribution in [0, 0.1) is 0 Å². The van der Waals surface area contributed by atoms with Gasteiger partial charge in [-0.15, -0.1) is 0 Å². The van der Waals surface area contributed by atoms with Gasteiger partial charge >= 0.3 is 0 Å². The molecule has 13 heavy (non-hydrogen) atoms. The van der Waals surface area contributed by atoms with Crippen LogP contribution in [0.2, 0.25) is 0 Å². The van der Waals surface area contributed by atoms with E-state index in [9.17, 15) is 0 Å². The molecule has 0 aliphatic rings. The summed E-state index contributed by atoms with van der Waals surface area (Å²) < 4.78 is 0. The van der Waals surface area contributed by atoms with Crippen LogP contribution in [-0.4, -0.2) is 52.4 Å². The fourth-order valence-corrected chi connectivity index (χ4v) is 0.745. The van der Waals surface area contributed by atoms with Crippen molar-refractivity contribution >= 4 is 29.6 Å². The Morgan fingerprint density at radius 1 is 0.692 bits per heavy atom. The summed E-state index contributed by atoms with van der Waals surface area (Å²) in [6.45, 7) is 16.3. The molecule has 0 bridgehead atoms. The molecule has 3 heteroatoms. The summed E-state index contributed by atoms with van der Waals surface area (Å²) in [6, 6.07) is 0. The van der Waals surface area contributed by atoms with Gasteiger partial charge in [-0.05, 0) is 24.8 Å². The second-order valence-corrected chi connectivity index (χ2v) is 2.21. The summed E-state index contributed by atoms with van der Waals surface area (Å²) in [5, 5.41) is 0. The van der Waals surface area contributed by atoms with Gasteiger partial charge in [0, 0.05) is 42.6 Å². The fourth-order valence-electron chi connectivity index (χ4n) is 0.745. The van der Waals surface area contributed by atoms with E-state index < -0.39 is 0 Å². The number of hydrogen-bond acceptors (Lipinski definition) is 2. The first kappa shape index (κ1) is 15.1. The Bertz CT molecular complexity index is 142. The molecule has 0 rings (SSSR count). The Kier molecular flexibility index (Phi) is 11.2. The minimum absolute atomic E-state index is 0. The molecule has 0 aromatic heterocycles. The van der Waals surface area contributed by atoms with Gasteiger partial charge in [-0.25, -0.2) is 0 Å². The normalized spacial score (nSPS) is 7.69. The standard InChI is InChI=1S/C10H16N2.Na/c1-5-11(6-2)9-10-12(7-3)8-4;/h5-8H,1-4,9-10H2;. The molecule has 0 N–H and O–H groups in total. The summed E-state index contributed by atoms with van der Waals surface area (Å²) in [5.41, 5.74) is 0. The monoisotopic (exact) mass is 187 g/mol. The Balaban J connectivity index is 0. The molecule has 0 atom stereocenters. The molecule has 0 saturated carbocycles. The van der Waals surface area contributed by atoms with Crippen molar-refractivity contribution in [3.05, 3.63) is 51.1 Å². The van der Waals surface area contributed by atoms with Gasteiger partial charge in [-0.2, -0.15) is 0 Å². The first-order valence-electron chi connectivity index (χ1n) is 3.80.